The first-order valence-corrected chi connectivity index (χ1v) is 15.4. The van der Waals surface area contributed by atoms with Gasteiger partial charge in [0.2, 0.25) is 10.0 Å². The third kappa shape index (κ3) is 7.13. The highest BCUT2D eigenvalue weighted by atomic mass is 32.2. The average molecular weight is 574 g/mol. The second-order valence-corrected chi connectivity index (χ2v) is 13.0. The summed E-state index contributed by atoms with van der Waals surface area (Å²) < 4.78 is 75.2. The minimum atomic E-state index is -4.89. The molecule has 0 spiro atoms. The Labute approximate surface area is 225 Å². The lowest BCUT2D eigenvalue weighted by atomic mass is 9.85. The van der Waals surface area contributed by atoms with Crippen molar-refractivity contribution in [3.8, 4) is 10.4 Å². The van der Waals surface area contributed by atoms with Gasteiger partial charge in [0, 0.05) is 25.3 Å². The van der Waals surface area contributed by atoms with Crippen LogP contribution in [0.3, 0.4) is 0 Å². The summed E-state index contributed by atoms with van der Waals surface area (Å²) in [5, 5.41) is 3.17. The maximum absolute atomic E-state index is 14.1. The maximum Gasteiger partial charge on any atom is 0.417 e. The third-order valence-corrected chi connectivity index (χ3v) is 9.74. The fourth-order valence-corrected chi connectivity index (χ4v) is 7.52. The summed E-state index contributed by atoms with van der Waals surface area (Å²) in [6.07, 6.45) is 2.40. The summed E-state index contributed by atoms with van der Waals surface area (Å²) in [7, 11) is -4.39. The van der Waals surface area contributed by atoms with E-state index in [1.807, 2.05) is 0 Å². The van der Waals surface area contributed by atoms with Gasteiger partial charge in [-0.05, 0) is 56.7 Å². The molecule has 1 aliphatic carbocycles. The van der Waals surface area contributed by atoms with Crippen LogP contribution in [0.15, 0.2) is 23.1 Å². The van der Waals surface area contributed by atoms with Crippen LogP contribution < -0.4 is 10.0 Å². The van der Waals surface area contributed by atoms with Crippen LogP contribution in [-0.4, -0.2) is 44.6 Å². The summed E-state index contributed by atoms with van der Waals surface area (Å²) in [6, 6.07) is 2.63. The van der Waals surface area contributed by atoms with Gasteiger partial charge in [-0.25, -0.2) is 18.1 Å². The van der Waals surface area contributed by atoms with Crippen LogP contribution in [-0.2, 0) is 27.4 Å². The molecule has 0 bridgehead atoms. The number of nitrogens with zero attached hydrogens (tertiary/aromatic N) is 1. The number of nitrogens with one attached hydrogen (secondary N) is 2. The highest BCUT2D eigenvalue weighted by molar-refractivity contribution is 7.89. The lowest BCUT2D eigenvalue weighted by Gasteiger charge is -2.22. The lowest BCUT2D eigenvalue weighted by Crippen LogP contribution is -2.38. The smallest absolute Gasteiger partial charge is 0.381 e. The highest BCUT2D eigenvalue weighted by Crippen LogP contribution is 2.40. The van der Waals surface area contributed by atoms with Gasteiger partial charge in [0.25, 0.3) is 5.91 Å². The molecule has 2 aliphatic rings. The molecule has 1 amide bonds. The SMILES string of the molecule is CC(C)NS(=O)(=O)c1ccc(-c2sc(C(=O)NC3CCOCC3)nc2CC2CCCCC2)cc1C(F)(F)F. The largest absolute Gasteiger partial charge is 0.417 e. The van der Waals surface area contributed by atoms with E-state index >= 15 is 0 Å². The molecule has 210 valence electrons. The molecule has 1 aromatic carbocycles. The number of ether oxygens (including phenoxy) is 1. The van der Waals surface area contributed by atoms with Gasteiger partial charge in [0.15, 0.2) is 5.01 Å². The molecule has 0 atom stereocenters. The normalized spacial score (nSPS) is 18.2. The van der Waals surface area contributed by atoms with Gasteiger partial charge in [-0.15, -0.1) is 11.3 Å². The van der Waals surface area contributed by atoms with Gasteiger partial charge in [0.05, 0.1) is 21.0 Å². The molecule has 2 heterocycles. The number of hydrogen-bond acceptors (Lipinski definition) is 6. The minimum absolute atomic E-state index is 0.0415. The molecule has 2 N–H and O–H groups in total. The van der Waals surface area contributed by atoms with Crippen molar-refractivity contribution >= 4 is 27.3 Å². The summed E-state index contributed by atoms with van der Waals surface area (Å²) >= 11 is 1.05. The van der Waals surface area contributed by atoms with Crippen molar-refractivity contribution in [2.24, 2.45) is 5.92 Å². The molecule has 38 heavy (non-hydrogen) atoms. The average Bonchev–Trinajstić information content (AvgIpc) is 3.27. The van der Waals surface area contributed by atoms with Crippen LogP contribution in [0.2, 0.25) is 0 Å². The van der Waals surface area contributed by atoms with E-state index in [9.17, 15) is 26.4 Å². The number of carbonyl (C=O) groups is 1. The minimum Gasteiger partial charge on any atom is -0.381 e. The zero-order valence-electron chi connectivity index (χ0n) is 21.6. The van der Waals surface area contributed by atoms with Crippen LogP contribution in [0.1, 0.15) is 79.9 Å². The summed E-state index contributed by atoms with van der Waals surface area (Å²) in [4.78, 5) is 17.3. The van der Waals surface area contributed by atoms with Gasteiger partial charge < -0.3 is 10.1 Å². The Morgan fingerprint density at radius 3 is 2.45 bits per heavy atom. The predicted octanol–water partition coefficient (Wildman–Crippen LogP) is 5.55. The number of thiazole rings is 1. The number of aromatic nitrogens is 1. The number of alkyl halides is 3. The summed E-state index contributed by atoms with van der Waals surface area (Å²) in [5.41, 5.74) is -0.453. The molecule has 4 rings (SSSR count). The first-order chi connectivity index (χ1) is 17.9. The number of rotatable bonds is 8. The second kappa shape index (κ2) is 12.0. The maximum atomic E-state index is 14.1. The molecule has 7 nitrogen and oxygen atoms in total. The molecule has 1 aromatic heterocycles. The third-order valence-electron chi connectivity index (χ3n) is 6.88. The van der Waals surface area contributed by atoms with Crippen LogP contribution in [0.5, 0.6) is 0 Å². The number of carbonyl (C=O) groups excluding carboxylic acids is 1. The Balaban J connectivity index is 1.73. The van der Waals surface area contributed by atoms with Gasteiger partial charge >= 0.3 is 6.18 Å². The van der Waals surface area contributed by atoms with Crippen molar-refractivity contribution < 1.29 is 31.1 Å². The van der Waals surface area contributed by atoms with Crippen molar-refractivity contribution in [2.45, 2.75) is 88.4 Å². The Bertz CT molecular complexity index is 1230. The van der Waals surface area contributed by atoms with E-state index in [1.165, 1.54) is 6.07 Å². The Morgan fingerprint density at radius 2 is 1.82 bits per heavy atom. The number of sulfonamides is 1. The monoisotopic (exact) mass is 573 g/mol. The van der Waals surface area contributed by atoms with Gasteiger partial charge in [0.1, 0.15) is 0 Å². The fraction of sp³-hybridized carbons (Fsp3) is 0.615. The van der Waals surface area contributed by atoms with Gasteiger partial charge in [-0.1, -0.05) is 38.2 Å². The van der Waals surface area contributed by atoms with Crippen LogP contribution >= 0.6 is 11.3 Å². The predicted molar refractivity (Wildman–Crippen MR) is 140 cm³/mol. The van der Waals surface area contributed by atoms with Gasteiger partial charge in [-0.3, -0.25) is 4.79 Å². The van der Waals surface area contributed by atoms with Crippen molar-refractivity contribution in [1.29, 1.82) is 0 Å². The molecule has 0 radical (unpaired) electrons. The zero-order chi connectivity index (χ0) is 27.5. The molecule has 1 saturated heterocycles. The Hall–Kier alpha value is -2.02. The van der Waals surface area contributed by atoms with Crippen molar-refractivity contribution in [3.63, 3.8) is 0 Å². The molecule has 1 aliphatic heterocycles. The quantitative estimate of drug-likeness (QED) is 0.432. The van der Waals surface area contributed by atoms with E-state index in [0.717, 1.165) is 55.6 Å². The topological polar surface area (TPSA) is 97.4 Å². The number of amides is 1. The van der Waals surface area contributed by atoms with Crippen LogP contribution in [0.4, 0.5) is 13.2 Å². The van der Waals surface area contributed by atoms with Crippen molar-refractivity contribution in [3.05, 3.63) is 34.5 Å². The van der Waals surface area contributed by atoms with Crippen molar-refractivity contribution in [2.75, 3.05) is 13.2 Å². The van der Waals surface area contributed by atoms with E-state index in [2.05, 4.69) is 15.0 Å². The molecular weight excluding hydrogens is 539 g/mol. The molecular formula is C26H34F3N3O4S2. The Kier molecular flexibility index (Phi) is 9.16. The summed E-state index contributed by atoms with van der Waals surface area (Å²) in [5.74, 6) is -0.0117. The molecule has 12 heteroatoms. The van der Waals surface area contributed by atoms with E-state index in [1.54, 1.807) is 13.8 Å². The van der Waals surface area contributed by atoms with Gasteiger partial charge in [-0.2, -0.15) is 13.2 Å². The van der Waals surface area contributed by atoms with Crippen LogP contribution in [0.25, 0.3) is 10.4 Å². The van der Waals surface area contributed by atoms with Crippen molar-refractivity contribution in [1.82, 2.24) is 15.0 Å². The lowest BCUT2D eigenvalue weighted by molar-refractivity contribution is -0.139. The number of benzene rings is 1. The Morgan fingerprint density at radius 1 is 1.13 bits per heavy atom. The highest BCUT2D eigenvalue weighted by Gasteiger charge is 2.38. The first kappa shape index (κ1) is 29.0. The van der Waals surface area contributed by atoms with E-state index in [0.29, 0.717) is 49.0 Å². The van der Waals surface area contributed by atoms with E-state index < -0.39 is 32.7 Å². The molecule has 0 unspecified atom stereocenters. The molecule has 2 fully saturated rings. The zero-order valence-corrected chi connectivity index (χ0v) is 23.2. The fourth-order valence-electron chi connectivity index (χ4n) is 5.07. The van der Waals surface area contributed by atoms with E-state index in [-0.39, 0.29) is 22.5 Å². The van der Waals surface area contributed by atoms with E-state index in [4.69, 9.17) is 4.74 Å². The summed E-state index contributed by atoms with van der Waals surface area (Å²) in [6.45, 7) is 4.20. The number of halogens is 3. The first-order valence-electron chi connectivity index (χ1n) is 13.1. The molecule has 1 saturated carbocycles. The standard InChI is InChI=1S/C26H34F3N3O4S2/c1-16(2)32-38(34,35)22-9-8-18(15-20(22)26(27,28)29)23-21(14-17-6-4-3-5-7-17)31-25(37-23)24(33)30-19-10-12-36-13-11-19/h8-9,15-17,19,32H,3-7,10-14H2,1-2H3,(H,30,33). The van der Waals surface area contributed by atoms with Crippen LogP contribution in [0, 0.1) is 5.92 Å². The molecule has 2 aromatic rings. The number of hydrogen-bond donors (Lipinski definition) is 2. The second-order valence-electron chi connectivity index (χ2n) is 10.3.